The van der Waals surface area contributed by atoms with Crippen molar-refractivity contribution in [1.29, 1.82) is 0 Å². The van der Waals surface area contributed by atoms with Crippen LogP contribution >= 0.6 is 15.9 Å². The van der Waals surface area contributed by atoms with Gasteiger partial charge >= 0.3 is 0 Å². The Morgan fingerprint density at radius 3 is 2.30 bits per heavy atom. The van der Waals surface area contributed by atoms with Gasteiger partial charge in [-0.1, -0.05) is 59.5 Å². The normalized spacial score (nSPS) is 14.4. The van der Waals surface area contributed by atoms with E-state index < -0.39 is 28.5 Å². The summed E-state index contributed by atoms with van der Waals surface area (Å²) in [6, 6.07) is 19.3. The number of carbonyl (C=O) groups is 2. The zero-order chi connectivity index (χ0) is 31.0. The number of methoxy groups -OCH3 is 2. The van der Waals surface area contributed by atoms with Gasteiger partial charge in [0.05, 0.1) is 24.8 Å². The molecule has 1 saturated carbocycles. The van der Waals surface area contributed by atoms with Crippen LogP contribution in [0.4, 0.5) is 5.69 Å². The molecule has 1 aliphatic rings. The lowest BCUT2D eigenvalue weighted by Gasteiger charge is -2.33. The molecule has 1 unspecified atom stereocenters. The van der Waals surface area contributed by atoms with Crippen LogP contribution in [0, 0.1) is 0 Å². The number of ether oxygens (including phenoxy) is 2. The molecule has 3 aromatic carbocycles. The van der Waals surface area contributed by atoms with E-state index >= 15 is 0 Å². The third kappa shape index (κ3) is 8.08. The molecule has 11 heteroatoms. The Morgan fingerprint density at radius 2 is 1.65 bits per heavy atom. The summed E-state index contributed by atoms with van der Waals surface area (Å²) in [4.78, 5) is 29.1. The first-order valence-electron chi connectivity index (χ1n) is 14.3. The van der Waals surface area contributed by atoms with Gasteiger partial charge in [0, 0.05) is 17.1 Å². The predicted molar refractivity (Wildman–Crippen MR) is 170 cm³/mol. The highest BCUT2D eigenvalue weighted by Gasteiger charge is 2.34. The summed E-state index contributed by atoms with van der Waals surface area (Å²) in [7, 11) is -1.31. The van der Waals surface area contributed by atoms with Crippen LogP contribution in [0.3, 0.4) is 0 Å². The van der Waals surface area contributed by atoms with Gasteiger partial charge in [-0.25, -0.2) is 8.42 Å². The summed E-state index contributed by atoms with van der Waals surface area (Å²) < 4.78 is 40.8. The quantitative estimate of drug-likeness (QED) is 0.272. The molecule has 0 aliphatic heterocycles. The largest absolute Gasteiger partial charge is 0.497 e. The van der Waals surface area contributed by atoms with Gasteiger partial charge in [-0.2, -0.15) is 0 Å². The Labute approximate surface area is 262 Å². The van der Waals surface area contributed by atoms with E-state index in [4.69, 9.17) is 9.47 Å². The van der Waals surface area contributed by atoms with E-state index in [2.05, 4.69) is 21.2 Å². The monoisotopic (exact) mass is 671 g/mol. The average Bonchev–Trinajstić information content (AvgIpc) is 3.02. The molecule has 1 N–H and O–H groups in total. The highest BCUT2D eigenvalue weighted by molar-refractivity contribution is 9.10. The van der Waals surface area contributed by atoms with Crippen LogP contribution in [-0.4, -0.2) is 58.0 Å². The molecule has 0 radical (unpaired) electrons. The lowest BCUT2D eigenvalue weighted by molar-refractivity contribution is -0.139. The third-order valence-electron chi connectivity index (χ3n) is 7.64. The molecule has 1 fully saturated rings. The molecule has 0 bridgehead atoms. The molecule has 2 amide bonds. The van der Waals surface area contributed by atoms with Crippen LogP contribution in [0.15, 0.2) is 82.2 Å². The van der Waals surface area contributed by atoms with Gasteiger partial charge in [-0.15, -0.1) is 0 Å². The zero-order valence-corrected chi connectivity index (χ0v) is 27.1. The zero-order valence-electron chi connectivity index (χ0n) is 24.7. The first-order chi connectivity index (χ1) is 20.6. The Kier molecular flexibility index (Phi) is 11.1. The summed E-state index contributed by atoms with van der Waals surface area (Å²) in [6.45, 7) is 1.24. The molecule has 3 aromatic rings. The highest BCUT2D eigenvalue weighted by atomic mass is 79.9. The fourth-order valence-electron chi connectivity index (χ4n) is 5.21. The minimum absolute atomic E-state index is 0.0198. The second-order valence-electron chi connectivity index (χ2n) is 10.5. The van der Waals surface area contributed by atoms with Crippen molar-refractivity contribution in [3.8, 4) is 11.5 Å². The van der Waals surface area contributed by atoms with Crippen molar-refractivity contribution in [3.63, 3.8) is 0 Å². The molecule has 4 rings (SSSR count). The topological polar surface area (TPSA) is 105 Å². The van der Waals surface area contributed by atoms with Crippen molar-refractivity contribution >= 4 is 43.5 Å². The molecule has 43 heavy (non-hydrogen) atoms. The number of sulfonamides is 1. The van der Waals surface area contributed by atoms with Crippen LogP contribution in [-0.2, 0) is 26.2 Å². The van der Waals surface area contributed by atoms with E-state index in [1.54, 1.807) is 43.3 Å². The number of rotatable bonds is 12. The number of anilines is 1. The summed E-state index contributed by atoms with van der Waals surface area (Å²) in [5.41, 5.74) is 0.998. The smallest absolute Gasteiger partial charge is 0.264 e. The van der Waals surface area contributed by atoms with Crippen molar-refractivity contribution in [2.45, 2.75) is 62.6 Å². The highest BCUT2D eigenvalue weighted by Crippen LogP contribution is 2.33. The van der Waals surface area contributed by atoms with Crippen LogP contribution in [0.5, 0.6) is 11.5 Å². The summed E-state index contributed by atoms with van der Waals surface area (Å²) >= 11 is 3.48. The van der Waals surface area contributed by atoms with Gasteiger partial charge in [0.1, 0.15) is 24.1 Å². The number of nitrogens with one attached hydrogen (secondary N) is 1. The molecule has 0 heterocycles. The fourth-order valence-corrected chi connectivity index (χ4v) is 7.08. The second-order valence-corrected chi connectivity index (χ2v) is 13.3. The SMILES string of the molecule is COc1ccc(S(=O)(=O)N(CC(=O)N(Cc2cccc(Br)c2)C(C)C(=O)NC2CCCCC2)c2ccccc2OC)cc1. The minimum Gasteiger partial charge on any atom is -0.497 e. The van der Waals surface area contributed by atoms with E-state index in [1.165, 1.54) is 31.3 Å². The number of carbonyl (C=O) groups excluding carboxylic acids is 2. The Bertz CT molecular complexity index is 1510. The average molecular weight is 673 g/mol. The maximum Gasteiger partial charge on any atom is 0.264 e. The van der Waals surface area contributed by atoms with Crippen LogP contribution in [0.2, 0.25) is 0 Å². The lowest BCUT2D eigenvalue weighted by Crippen LogP contribution is -2.53. The number of nitrogens with zero attached hydrogens (tertiary/aromatic N) is 2. The fraction of sp³-hybridized carbons (Fsp3) is 0.375. The van der Waals surface area contributed by atoms with Crippen LogP contribution in [0.25, 0.3) is 0 Å². The van der Waals surface area contributed by atoms with Crippen molar-refractivity contribution < 1.29 is 27.5 Å². The van der Waals surface area contributed by atoms with E-state index in [0.29, 0.717) is 5.75 Å². The molecule has 0 spiro atoms. The van der Waals surface area contributed by atoms with Crippen molar-refractivity contribution in [2.75, 3.05) is 25.1 Å². The van der Waals surface area contributed by atoms with Gasteiger partial charge in [-0.05, 0) is 73.9 Å². The number of para-hydroxylation sites is 2. The van der Waals surface area contributed by atoms with Crippen molar-refractivity contribution in [2.24, 2.45) is 0 Å². The van der Waals surface area contributed by atoms with Crippen LogP contribution in [0.1, 0.15) is 44.6 Å². The second kappa shape index (κ2) is 14.7. The van der Waals surface area contributed by atoms with Crippen molar-refractivity contribution in [3.05, 3.63) is 82.8 Å². The Hall–Kier alpha value is -3.57. The van der Waals surface area contributed by atoms with E-state index in [1.807, 2.05) is 24.3 Å². The van der Waals surface area contributed by atoms with E-state index in [0.717, 1.165) is 46.4 Å². The Morgan fingerprint density at radius 1 is 0.953 bits per heavy atom. The number of hydrogen-bond acceptors (Lipinski definition) is 6. The first kappa shape index (κ1) is 32.3. The number of benzene rings is 3. The maximum absolute atomic E-state index is 14.2. The molecule has 230 valence electrons. The number of halogens is 1. The minimum atomic E-state index is -4.25. The van der Waals surface area contributed by atoms with E-state index in [-0.39, 0.29) is 34.8 Å². The van der Waals surface area contributed by atoms with Gasteiger partial charge in [0.2, 0.25) is 11.8 Å². The Balaban J connectivity index is 1.71. The standard InChI is InChI=1S/C32H38BrN3O6S/c1-23(32(38)34-26-12-5-4-6-13-26)35(21-24-10-9-11-25(33)20-24)31(37)22-36(29-14-7-8-15-30(29)42-3)43(39,40)28-18-16-27(41-2)17-19-28/h7-11,14-20,23,26H,4-6,12-13,21-22H2,1-3H3,(H,34,38). The summed E-state index contributed by atoms with van der Waals surface area (Å²) in [5, 5.41) is 3.12. The van der Waals surface area contributed by atoms with Crippen LogP contribution < -0.4 is 19.1 Å². The molecular formula is C32H38BrN3O6S. The van der Waals surface area contributed by atoms with Gasteiger partial charge in [-0.3, -0.25) is 13.9 Å². The lowest BCUT2D eigenvalue weighted by atomic mass is 9.95. The van der Waals surface area contributed by atoms with Gasteiger partial charge in [0.15, 0.2) is 0 Å². The first-order valence-corrected chi connectivity index (χ1v) is 16.5. The third-order valence-corrected chi connectivity index (χ3v) is 9.91. The van der Waals surface area contributed by atoms with Gasteiger partial charge in [0.25, 0.3) is 10.0 Å². The summed E-state index contributed by atoms with van der Waals surface area (Å²) in [6.07, 6.45) is 5.06. The predicted octanol–water partition coefficient (Wildman–Crippen LogP) is 5.53. The molecule has 1 atom stereocenters. The van der Waals surface area contributed by atoms with E-state index in [9.17, 15) is 18.0 Å². The molecular weight excluding hydrogens is 634 g/mol. The molecule has 0 saturated heterocycles. The molecule has 1 aliphatic carbocycles. The number of amides is 2. The van der Waals surface area contributed by atoms with Crippen molar-refractivity contribution in [1.82, 2.24) is 10.2 Å². The molecule has 9 nitrogen and oxygen atoms in total. The molecule has 0 aromatic heterocycles. The van der Waals surface area contributed by atoms with Gasteiger partial charge < -0.3 is 19.7 Å². The maximum atomic E-state index is 14.2. The number of hydrogen-bond donors (Lipinski definition) is 1. The summed E-state index contributed by atoms with van der Waals surface area (Å²) in [5.74, 6) is -0.0164.